The largest absolute Gasteiger partial charge is 0.494 e. The molecule has 2 aromatic carbocycles. The molecular weight excluding hydrogens is 472 g/mol. The highest BCUT2D eigenvalue weighted by molar-refractivity contribution is 6.01. The Hall–Kier alpha value is -4.90. The molecule has 0 unspecified atom stereocenters. The van der Waals surface area contributed by atoms with E-state index in [9.17, 15) is 9.59 Å². The van der Waals surface area contributed by atoms with E-state index < -0.39 is 5.91 Å². The maximum absolute atomic E-state index is 12.2. The molecule has 11 nitrogen and oxygen atoms in total. The van der Waals surface area contributed by atoms with Crippen molar-refractivity contribution in [3.05, 3.63) is 72.4 Å². The van der Waals surface area contributed by atoms with Crippen molar-refractivity contribution in [3.8, 4) is 5.75 Å². The van der Waals surface area contributed by atoms with Crippen molar-refractivity contribution in [2.45, 2.75) is 0 Å². The van der Waals surface area contributed by atoms with Gasteiger partial charge in [-0.25, -0.2) is 0 Å². The molecule has 6 N–H and O–H groups in total. The van der Waals surface area contributed by atoms with Crippen LogP contribution in [0, 0.1) is 0 Å². The molecule has 2 aromatic heterocycles. The molecule has 2 heterocycles. The summed E-state index contributed by atoms with van der Waals surface area (Å²) in [5.74, 6) is 0.465. The minimum atomic E-state index is -0.550. The highest BCUT2D eigenvalue weighted by atomic mass is 16.5. The third kappa shape index (κ3) is 6.21. The zero-order chi connectivity index (χ0) is 26.4. The molecule has 0 bridgehead atoms. The molecule has 4 rings (SSSR count). The van der Waals surface area contributed by atoms with Crippen LogP contribution in [0.1, 0.15) is 10.4 Å². The van der Waals surface area contributed by atoms with E-state index in [-0.39, 0.29) is 11.9 Å². The summed E-state index contributed by atoms with van der Waals surface area (Å²) in [5.41, 5.74) is 8.16. The number of hydrogen-bond acceptors (Lipinski definition) is 8. The van der Waals surface area contributed by atoms with E-state index in [0.29, 0.717) is 46.4 Å². The third-order valence-corrected chi connectivity index (χ3v) is 5.32. The van der Waals surface area contributed by atoms with Crippen LogP contribution in [-0.2, 0) is 4.79 Å². The van der Waals surface area contributed by atoms with E-state index in [0.717, 1.165) is 5.39 Å². The van der Waals surface area contributed by atoms with Gasteiger partial charge >= 0.3 is 0 Å². The number of rotatable bonds is 10. The van der Waals surface area contributed by atoms with Gasteiger partial charge in [-0.15, -0.1) is 0 Å². The van der Waals surface area contributed by atoms with Crippen LogP contribution in [-0.4, -0.2) is 59.4 Å². The number of likely N-dealkylation sites (N-methyl/N-ethyl adjacent to an activating group) is 1. The summed E-state index contributed by atoms with van der Waals surface area (Å²) < 4.78 is 5.52. The molecule has 0 saturated carbocycles. The Bertz CT molecular complexity index is 1460. The summed E-state index contributed by atoms with van der Waals surface area (Å²) in [7, 11) is 5.39. The minimum Gasteiger partial charge on any atom is -0.494 e. The van der Waals surface area contributed by atoms with Crippen LogP contribution in [0.2, 0.25) is 0 Å². The summed E-state index contributed by atoms with van der Waals surface area (Å²) in [4.78, 5) is 38.2. The van der Waals surface area contributed by atoms with Crippen molar-refractivity contribution in [1.82, 2.24) is 19.9 Å². The third-order valence-electron chi connectivity index (χ3n) is 5.32. The van der Waals surface area contributed by atoms with E-state index in [4.69, 9.17) is 10.5 Å². The summed E-state index contributed by atoms with van der Waals surface area (Å²) in [6.07, 6.45) is 5.02. The highest BCUT2D eigenvalue weighted by Crippen LogP contribution is 2.32. The number of carbonyl (C=O) groups is 2. The highest BCUT2D eigenvalue weighted by Gasteiger charge is 2.14. The first kappa shape index (κ1) is 25.2. The second kappa shape index (κ2) is 11.2. The lowest BCUT2D eigenvalue weighted by Crippen LogP contribution is -2.13. The minimum absolute atomic E-state index is 0.239. The topological polar surface area (TPSA) is 150 Å². The van der Waals surface area contributed by atoms with Crippen molar-refractivity contribution in [2.24, 2.45) is 5.73 Å². The summed E-state index contributed by atoms with van der Waals surface area (Å²) >= 11 is 0. The number of nitrogens with one attached hydrogen (secondary N) is 4. The Labute approximate surface area is 213 Å². The molecule has 190 valence electrons. The maximum Gasteiger partial charge on any atom is 0.250 e. The molecule has 0 atom stereocenters. The van der Waals surface area contributed by atoms with Crippen molar-refractivity contribution >= 4 is 51.7 Å². The van der Waals surface area contributed by atoms with Crippen molar-refractivity contribution in [1.29, 1.82) is 0 Å². The lowest BCUT2D eigenvalue weighted by molar-refractivity contribution is -0.111. The monoisotopic (exact) mass is 500 g/mol. The zero-order valence-electron chi connectivity index (χ0n) is 20.7. The number of benzene rings is 2. The smallest absolute Gasteiger partial charge is 0.250 e. The van der Waals surface area contributed by atoms with Crippen LogP contribution in [0.3, 0.4) is 0 Å². The van der Waals surface area contributed by atoms with Gasteiger partial charge in [-0.3, -0.25) is 9.59 Å². The number of amides is 2. The van der Waals surface area contributed by atoms with Gasteiger partial charge in [0.25, 0.3) is 5.91 Å². The number of primary amides is 1. The molecule has 0 fully saturated rings. The van der Waals surface area contributed by atoms with Gasteiger partial charge in [-0.05, 0) is 44.4 Å². The Kier molecular flexibility index (Phi) is 7.65. The number of methoxy groups -OCH3 is 1. The fourth-order valence-electron chi connectivity index (χ4n) is 3.57. The van der Waals surface area contributed by atoms with Crippen LogP contribution in [0.15, 0.2) is 66.9 Å². The van der Waals surface area contributed by atoms with Gasteiger partial charge in [0, 0.05) is 30.6 Å². The summed E-state index contributed by atoms with van der Waals surface area (Å²) in [5, 5.41) is 9.91. The molecular formula is C26H28N8O3. The van der Waals surface area contributed by atoms with Gasteiger partial charge in [-0.1, -0.05) is 18.2 Å². The number of nitrogens with two attached hydrogens (primary N) is 1. The average molecular weight is 501 g/mol. The van der Waals surface area contributed by atoms with Crippen LogP contribution in [0.25, 0.3) is 11.0 Å². The Morgan fingerprint density at radius 2 is 1.89 bits per heavy atom. The molecule has 0 aliphatic carbocycles. The van der Waals surface area contributed by atoms with Crippen molar-refractivity contribution in [3.63, 3.8) is 0 Å². The summed E-state index contributed by atoms with van der Waals surface area (Å²) in [6.45, 7) is 0.662. The second-order valence-corrected chi connectivity index (χ2v) is 8.36. The Balaban J connectivity index is 1.58. The predicted octanol–water partition coefficient (Wildman–Crippen LogP) is 3.61. The lowest BCUT2D eigenvalue weighted by atomic mass is 10.1. The first-order valence-corrected chi connectivity index (χ1v) is 11.4. The number of aromatic amines is 1. The summed E-state index contributed by atoms with van der Waals surface area (Å²) in [6, 6.07) is 14.0. The van der Waals surface area contributed by atoms with Gasteiger partial charge in [0.15, 0.2) is 0 Å². The molecule has 0 spiro atoms. The number of aromatic nitrogens is 3. The number of ether oxygens (including phenoxy) is 1. The van der Waals surface area contributed by atoms with E-state index in [1.807, 2.05) is 25.1 Å². The van der Waals surface area contributed by atoms with Gasteiger partial charge in [-0.2, -0.15) is 9.97 Å². The number of para-hydroxylation sites is 1. The van der Waals surface area contributed by atoms with Gasteiger partial charge in [0.1, 0.15) is 17.2 Å². The first-order chi connectivity index (χ1) is 17.8. The van der Waals surface area contributed by atoms with Crippen LogP contribution < -0.4 is 26.4 Å². The Morgan fingerprint density at radius 1 is 1.08 bits per heavy atom. The van der Waals surface area contributed by atoms with Crippen LogP contribution in [0.4, 0.5) is 28.8 Å². The molecule has 0 saturated heterocycles. The molecule has 0 aliphatic rings. The average Bonchev–Trinajstić information content (AvgIpc) is 3.34. The number of fused-ring (bicyclic) bond motifs is 1. The number of nitrogens with zero attached hydrogens (tertiary/aromatic N) is 3. The fourth-order valence-corrected chi connectivity index (χ4v) is 3.57. The van der Waals surface area contributed by atoms with Crippen LogP contribution in [0.5, 0.6) is 5.75 Å². The molecule has 0 radical (unpaired) electrons. The zero-order valence-corrected chi connectivity index (χ0v) is 20.7. The van der Waals surface area contributed by atoms with Crippen LogP contribution >= 0.6 is 0 Å². The van der Waals surface area contributed by atoms with Gasteiger partial charge in [0.2, 0.25) is 11.9 Å². The molecule has 37 heavy (non-hydrogen) atoms. The van der Waals surface area contributed by atoms with Crippen molar-refractivity contribution < 1.29 is 14.3 Å². The van der Waals surface area contributed by atoms with E-state index >= 15 is 0 Å². The van der Waals surface area contributed by atoms with E-state index in [2.05, 4.69) is 30.9 Å². The SMILES string of the molecule is COc1cc(NC(=O)/C=C/CN(C)C)ccc1Nc1nc(Nc2ccccc2C(N)=O)c2cc[nH]c2n1. The number of hydrogen-bond donors (Lipinski definition) is 5. The standard InChI is InChI=1S/C26H28N8O3/c1-34(2)14-6-9-22(35)29-16-10-11-20(21(15-16)37-3)31-26-32-24-18(12-13-28-24)25(33-26)30-19-8-5-4-7-17(19)23(27)36/h4-13,15H,14H2,1-3H3,(H2,27,36)(H,29,35)(H3,28,30,31,32,33)/b9-6+. The van der Waals surface area contributed by atoms with Gasteiger partial charge in [0.05, 0.1) is 29.4 Å². The Morgan fingerprint density at radius 3 is 2.65 bits per heavy atom. The number of anilines is 5. The quantitative estimate of drug-likeness (QED) is 0.207. The normalized spacial score (nSPS) is 11.1. The lowest BCUT2D eigenvalue weighted by Gasteiger charge is -2.14. The predicted molar refractivity (Wildman–Crippen MR) is 145 cm³/mol. The second-order valence-electron chi connectivity index (χ2n) is 8.36. The molecule has 4 aromatic rings. The van der Waals surface area contributed by atoms with Gasteiger partial charge < -0.3 is 36.3 Å². The van der Waals surface area contributed by atoms with E-state index in [1.54, 1.807) is 54.7 Å². The van der Waals surface area contributed by atoms with E-state index in [1.165, 1.54) is 13.2 Å². The maximum atomic E-state index is 12.2. The number of carbonyl (C=O) groups excluding carboxylic acids is 2. The molecule has 2 amide bonds. The molecule has 11 heteroatoms. The first-order valence-electron chi connectivity index (χ1n) is 11.4. The molecule has 0 aliphatic heterocycles. The van der Waals surface area contributed by atoms with Crippen molar-refractivity contribution in [2.75, 3.05) is 43.7 Å². The fraction of sp³-hybridized carbons (Fsp3) is 0.154. The number of H-pyrrole nitrogens is 1.